The zero-order chi connectivity index (χ0) is 36.5. The maximum Gasteiger partial charge on any atom is 0.320 e. The van der Waals surface area contributed by atoms with Gasteiger partial charge < -0.3 is 19.9 Å². The third kappa shape index (κ3) is 7.75. The molecule has 2 amide bonds. The number of nitrogens with zero attached hydrogens (tertiary/aromatic N) is 8. The van der Waals surface area contributed by atoms with Gasteiger partial charge >= 0.3 is 6.03 Å². The van der Waals surface area contributed by atoms with Gasteiger partial charge in [0.05, 0.1) is 23.6 Å². The van der Waals surface area contributed by atoms with E-state index in [1.165, 1.54) is 24.8 Å². The van der Waals surface area contributed by atoms with Crippen LogP contribution in [0, 0.1) is 0 Å². The summed E-state index contributed by atoms with van der Waals surface area (Å²) in [5.41, 5.74) is 5.84. The Labute approximate surface area is 312 Å². The fourth-order valence-corrected chi connectivity index (χ4v) is 7.82. The van der Waals surface area contributed by atoms with Gasteiger partial charge in [0.1, 0.15) is 17.7 Å². The third-order valence-electron chi connectivity index (χ3n) is 10.9. The molecule has 2 N–H and O–H groups in total. The maximum atomic E-state index is 13.8. The first-order chi connectivity index (χ1) is 25.7. The van der Waals surface area contributed by atoms with E-state index in [-0.39, 0.29) is 23.6 Å². The van der Waals surface area contributed by atoms with Crippen molar-refractivity contribution in [2.45, 2.75) is 77.0 Å². The zero-order valence-electron chi connectivity index (χ0n) is 31.5. The largest absolute Gasteiger partial charge is 0.484 e. The number of nitrogens with one attached hydrogen (secondary N) is 2. The number of hydrogen-bond donors (Lipinski definition) is 2. The minimum atomic E-state index is -0.261. The lowest BCUT2D eigenvalue weighted by atomic mass is 9.85. The number of likely N-dealkylation sites (N-methyl/N-ethyl adjacent to an activating group) is 1. The van der Waals surface area contributed by atoms with Crippen LogP contribution in [0.15, 0.2) is 72.9 Å². The molecule has 3 aromatic heterocycles. The Hall–Kier alpha value is -4.94. The molecular weight excluding hydrogens is 665 g/mol. The molecule has 12 nitrogen and oxygen atoms in total. The first-order valence-corrected chi connectivity index (χ1v) is 19.2. The fourth-order valence-electron chi connectivity index (χ4n) is 7.82. The second-order valence-electron chi connectivity index (χ2n) is 15.9. The van der Waals surface area contributed by atoms with Crippen LogP contribution in [0.5, 0.6) is 5.75 Å². The van der Waals surface area contributed by atoms with E-state index >= 15 is 0 Å². The molecule has 8 rings (SSSR count). The first kappa shape index (κ1) is 35.1. The summed E-state index contributed by atoms with van der Waals surface area (Å²) < 4.78 is 10.6. The van der Waals surface area contributed by atoms with Crippen LogP contribution in [-0.4, -0.2) is 86.5 Å². The fraction of sp³-hybridized carbons (Fsp3) is 0.463. The highest BCUT2D eigenvalue weighted by molar-refractivity contribution is 5.89. The van der Waals surface area contributed by atoms with E-state index in [0.717, 1.165) is 98.5 Å². The molecule has 1 aliphatic carbocycles. The summed E-state index contributed by atoms with van der Waals surface area (Å²) in [6, 6.07) is 22.3. The molecule has 2 fully saturated rings. The normalized spacial score (nSPS) is 20.0. The molecule has 2 saturated heterocycles. The number of fused-ring (bicyclic) bond motifs is 2. The second-order valence-corrected chi connectivity index (χ2v) is 15.9. The first-order valence-electron chi connectivity index (χ1n) is 19.2. The molecule has 53 heavy (non-hydrogen) atoms. The van der Waals surface area contributed by atoms with Crippen LogP contribution in [0.4, 0.5) is 16.6 Å². The quantitative estimate of drug-likeness (QED) is 0.182. The van der Waals surface area contributed by atoms with E-state index in [1.807, 2.05) is 45.6 Å². The number of ether oxygens (including phenoxy) is 1. The van der Waals surface area contributed by atoms with Crippen LogP contribution in [0.1, 0.15) is 87.4 Å². The molecule has 0 bridgehead atoms. The van der Waals surface area contributed by atoms with Crippen LogP contribution >= 0.6 is 0 Å². The van der Waals surface area contributed by atoms with Crippen molar-refractivity contribution in [1.82, 2.24) is 39.5 Å². The van der Waals surface area contributed by atoms with Gasteiger partial charge in [0, 0.05) is 57.3 Å². The van der Waals surface area contributed by atoms with Gasteiger partial charge in [0.15, 0.2) is 5.65 Å². The Balaban J connectivity index is 0.979. The highest BCUT2D eigenvalue weighted by Crippen LogP contribution is 2.39. The van der Waals surface area contributed by atoms with Gasteiger partial charge in [-0.2, -0.15) is 5.10 Å². The predicted octanol–water partition coefficient (Wildman–Crippen LogP) is 6.73. The summed E-state index contributed by atoms with van der Waals surface area (Å²) in [4.78, 5) is 21.0. The van der Waals surface area contributed by atoms with Crippen LogP contribution in [0.3, 0.4) is 0 Å². The molecule has 12 heteroatoms. The number of aromatic nitrogens is 5. The van der Waals surface area contributed by atoms with Gasteiger partial charge in [-0.3, -0.25) is 14.6 Å². The summed E-state index contributed by atoms with van der Waals surface area (Å²) in [6.07, 6.45) is 6.96. The summed E-state index contributed by atoms with van der Waals surface area (Å²) >= 11 is 0. The lowest BCUT2D eigenvalue weighted by molar-refractivity contribution is 0.148. The number of benzene rings is 2. The number of pyridine rings is 1. The van der Waals surface area contributed by atoms with E-state index < -0.39 is 0 Å². The van der Waals surface area contributed by atoms with Gasteiger partial charge in [-0.1, -0.05) is 57.2 Å². The number of hydrogen-bond acceptors (Lipinski definition) is 8. The summed E-state index contributed by atoms with van der Waals surface area (Å²) in [5, 5.41) is 20.4. The molecule has 0 spiro atoms. The average Bonchev–Trinajstić information content (AvgIpc) is 3.79. The zero-order valence-corrected chi connectivity index (χ0v) is 31.5. The van der Waals surface area contributed by atoms with Gasteiger partial charge in [-0.25, -0.2) is 9.48 Å². The van der Waals surface area contributed by atoms with Gasteiger partial charge in [0.2, 0.25) is 5.95 Å². The van der Waals surface area contributed by atoms with Crippen LogP contribution in [0.25, 0.3) is 11.3 Å². The number of anilines is 2. The van der Waals surface area contributed by atoms with Crippen molar-refractivity contribution in [3.05, 3.63) is 95.3 Å². The van der Waals surface area contributed by atoms with Crippen molar-refractivity contribution in [2.75, 3.05) is 56.5 Å². The van der Waals surface area contributed by atoms with Crippen LogP contribution < -0.4 is 20.3 Å². The molecule has 5 aromatic rings. The number of rotatable bonds is 8. The number of piperazine rings is 1. The van der Waals surface area contributed by atoms with E-state index in [2.05, 4.69) is 99.7 Å². The number of carbonyl (C=O) groups is 1. The van der Waals surface area contributed by atoms with Crippen molar-refractivity contribution in [3.8, 4) is 11.4 Å². The molecule has 0 unspecified atom stereocenters. The van der Waals surface area contributed by atoms with E-state index in [0.29, 0.717) is 5.82 Å². The molecule has 2 atom stereocenters. The summed E-state index contributed by atoms with van der Waals surface area (Å²) in [6.45, 7) is 13.6. The van der Waals surface area contributed by atoms with Crippen molar-refractivity contribution in [3.63, 3.8) is 0 Å². The molecule has 278 valence electrons. The van der Waals surface area contributed by atoms with Crippen molar-refractivity contribution >= 4 is 23.4 Å². The van der Waals surface area contributed by atoms with E-state index in [9.17, 15) is 4.79 Å². The minimum Gasteiger partial charge on any atom is -0.484 e. The third-order valence-corrected chi connectivity index (χ3v) is 10.9. The molecule has 0 saturated carbocycles. The lowest BCUT2D eigenvalue weighted by Crippen LogP contribution is -2.43. The topological polar surface area (TPSA) is 108 Å². The van der Waals surface area contributed by atoms with Gasteiger partial charge in [0.25, 0.3) is 0 Å². The average molecular weight is 717 g/mol. The van der Waals surface area contributed by atoms with Crippen molar-refractivity contribution in [2.24, 2.45) is 0 Å². The minimum absolute atomic E-state index is 0.145. The highest BCUT2D eigenvalue weighted by Gasteiger charge is 2.30. The van der Waals surface area contributed by atoms with Crippen molar-refractivity contribution < 1.29 is 9.53 Å². The summed E-state index contributed by atoms with van der Waals surface area (Å²) in [5.74, 6) is 2.29. The number of amides is 2. The predicted molar refractivity (Wildman–Crippen MR) is 208 cm³/mol. The molecule has 0 radical (unpaired) electrons. The smallest absolute Gasteiger partial charge is 0.320 e. The summed E-state index contributed by atoms with van der Waals surface area (Å²) in [7, 11) is 2.18. The van der Waals surface area contributed by atoms with Gasteiger partial charge in [-0.15, -0.1) is 10.2 Å². The molecule has 5 heterocycles. The number of urea groups is 1. The van der Waals surface area contributed by atoms with Gasteiger partial charge in [-0.05, 0) is 80.1 Å². The van der Waals surface area contributed by atoms with Crippen LogP contribution in [-0.2, 0) is 12.0 Å². The monoisotopic (exact) mass is 716 g/mol. The molecule has 2 aliphatic heterocycles. The van der Waals surface area contributed by atoms with Crippen molar-refractivity contribution in [1.29, 1.82) is 0 Å². The molecular formula is C41H52N10O2. The SMILES string of the molecule is CN1CCN(Cc2cccc(-n3nc(C(C)(C)C)cc3NC(=O)N[C@H]3CC[C@@H](Oc4ccc5nnc(N6CCCCC6)n5c4)c4ccccc43)c2)CC1. The van der Waals surface area contributed by atoms with E-state index in [1.54, 1.807) is 0 Å². The molecule has 3 aliphatic rings. The Kier molecular flexibility index (Phi) is 9.82. The number of carbonyl (C=O) groups excluding carboxylic acids is 1. The Morgan fingerprint density at radius 3 is 2.45 bits per heavy atom. The Morgan fingerprint density at radius 1 is 0.868 bits per heavy atom. The van der Waals surface area contributed by atoms with Crippen LogP contribution in [0.2, 0.25) is 0 Å². The Morgan fingerprint density at radius 2 is 1.66 bits per heavy atom. The number of piperidine rings is 1. The van der Waals surface area contributed by atoms with E-state index in [4.69, 9.17) is 9.84 Å². The lowest BCUT2D eigenvalue weighted by Gasteiger charge is -2.32. The Bertz CT molecular complexity index is 2050. The standard InChI is InChI=1S/C41H52N10O2/c1-41(2,3)36-26-38(51(46-36)30-12-10-11-29(25-30)27-48-23-21-47(4)22-24-48)43-39(52)42-34-16-17-35(33-14-7-6-13-32(33)34)53-31-15-18-37-44-45-40(50(37)28-31)49-19-8-5-9-20-49/h6-7,10-15,18,25-26,28,34-35H,5,8-9,16-17,19-24,27H2,1-4H3,(H2,42,43,52)/t34-,35+/m0/s1. The molecule has 2 aromatic carbocycles. The second kappa shape index (κ2) is 14.8. The maximum absolute atomic E-state index is 13.8. The highest BCUT2D eigenvalue weighted by atomic mass is 16.5.